The fourth-order valence-corrected chi connectivity index (χ4v) is 4.54. The van der Waals surface area contributed by atoms with Crippen molar-refractivity contribution in [2.75, 3.05) is 33.5 Å². The second kappa shape index (κ2) is 12.6. The minimum atomic E-state index is -4.81. The number of amides is 3. The summed E-state index contributed by atoms with van der Waals surface area (Å²) in [5, 5.41) is 18.3. The molecule has 11 nitrogen and oxygen atoms in total. The van der Waals surface area contributed by atoms with Gasteiger partial charge in [-0.2, -0.15) is 5.21 Å². The highest BCUT2D eigenvalue weighted by molar-refractivity contribution is 6.03. The Bertz CT molecular complexity index is 1470. The molecule has 0 unspecified atom stereocenters. The van der Waals surface area contributed by atoms with E-state index in [-0.39, 0.29) is 18.2 Å². The number of nitrogens with one attached hydrogen (secondary N) is 3. The van der Waals surface area contributed by atoms with Gasteiger partial charge >= 0.3 is 12.4 Å². The molecule has 1 saturated heterocycles. The van der Waals surface area contributed by atoms with E-state index in [1.807, 2.05) is 24.3 Å². The molecule has 0 spiro atoms. The molecule has 0 saturated carbocycles. The van der Waals surface area contributed by atoms with Crippen LogP contribution in [0, 0.1) is 0 Å². The highest BCUT2D eigenvalue weighted by Gasteiger charge is 2.31. The van der Waals surface area contributed by atoms with E-state index < -0.39 is 24.1 Å². The number of anilines is 4. The zero-order valence-electron chi connectivity index (χ0n) is 22.3. The summed E-state index contributed by atoms with van der Waals surface area (Å²) in [6.45, 7) is 2.10. The highest BCUT2D eigenvalue weighted by atomic mass is 19.4. The molecule has 3 N–H and O–H groups in total. The average Bonchev–Trinajstić information content (AvgIpc) is 3.50. The normalized spacial score (nSPS) is 13.4. The zero-order chi connectivity index (χ0) is 29.5. The number of alkyl halides is 3. The third kappa shape index (κ3) is 7.53. The minimum Gasteiger partial charge on any atom is -0.406 e. The van der Waals surface area contributed by atoms with Crippen LogP contribution in [0.3, 0.4) is 0 Å². The summed E-state index contributed by atoms with van der Waals surface area (Å²) in [5.74, 6) is -0.782. The minimum absolute atomic E-state index is 0.0397. The number of ether oxygens (including phenoxy) is 1. The van der Waals surface area contributed by atoms with Crippen molar-refractivity contribution in [2.24, 2.45) is 0 Å². The molecule has 0 aliphatic carbocycles. The van der Waals surface area contributed by atoms with Crippen LogP contribution in [-0.2, 0) is 6.54 Å². The van der Waals surface area contributed by atoms with E-state index in [4.69, 9.17) is 0 Å². The lowest BCUT2D eigenvalue weighted by Crippen LogP contribution is -2.34. The number of carbonyl (C=O) groups excluding carboxylic acids is 2. The monoisotopic (exact) mass is 580 g/mol. The van der Waals surface area contributed by atoms with Crippen molar-refractivity contribution in [1.82, 2.24) is 20.6 Å². The van der Waals surface area contributed by atoms with E-state index in [2.05, 4.69) is 40.9 Å². The van der Waals surface area contributed by atoms with Crippen molar-refractivity contribution in [1.29, 1.82) is 0 Å². The molecular weight excluding hydrogens is 553 g/mol. The van der Waals surface area contributed by atoms with Crippen molar-refractivity contribution < 1.29 is 27.5 Å². The van der Waals surface area contributed by atoms with Crippen LogP contribution in [0.1, 0.15) is 35.2 Å². The number of piperidine rings is 1. The van der Waals surface area contributed by atoms with E-state index in [1.54, 1.807) is 24.3 Å². The lowest BCUT2D eigenvalue weighted by molar-refractivity contribution is -0.274. The third-order valence-corrected chi connectivity index (χ3v) is 6.59. The molecule has 3 aromatic carbocycles. The second-order valence-electron chi connectivity index (χ2n) is 9.54. The average molecular weight is 581 g/mol. The van der Waals surface area contributed by atoms with Crippen molar-refractivity contribution in [3.05, 3.63) is 83.9 Å². The zero-order valence-corrected chi connectivity index (χ0v) is 22.3. The summed E-state index contributed by atoms with van der Waals surface area (Å²) in [4.78, 5) is 29.8. The Morgan fingerprint density at radius 3 is 2.21 bits per heavy atom. The van der Waals surface area contributed by atoms with Crippen LogP contribution >= 0.6 is 0 Å². The fourth-order valence-electron chi connectivity index (χ4n) is 4.54. The third-order valence-electron chi connectivity index (χ3n) is 6.59. The number of carbonyl (C=O) groups is 2. The summed E-state index contributed by atoms with van der Waals surface area (Å²) < 4.78 is 41.5. The number of nitrogens with zero attached hydrogens (tertiary/aromatic N) is 5. The first-order valence-corrected chi connectivity index (χ1v) is 13.2. The number of tetrazole rings is 1. The molecule has 0 atom stereocenters. The molecule has 14 heteroatoms. The Morgan fingerprint density at radius 1 is 0.905 bits per heavy atom. The number of hydrogen-bond donors (Lipinski definition) is 3. The van der Waals surface area contributed by atoms with Crippen LogP contribution in [0.2, 0.25) is 0 Å². The Morgan fingerprint density at radius 2 is 1.60 bits per heavy atom. The number of benzene rings is 3. The molecule has 4 aromatic rings. The van der Waals surface area contributed by atoms with Gasteiger partial charge in [0.05, 0.1) is 6.54 Å². The van der Waals surface area contributed by atoms with Gasteiger partial charge in [0, 0.05) is 35.7 Å². The summed E-state index contributed by atoms with van der Waals surface area (Å²) in [6, 6.07) is 18.7. The Hall–Kier alpha value is -5.14. The molecule has 1 fully saturated rings. The van der Waals surface area contributed by atoms with E-state index in [0.29, 0.717) is 11.3 Å². The summed E-state index contributed by atoms with van der Waals surface area (Å²) in [6.07, 6.45) is -1.34. The highest BCUT2D eigenvalue weighted by Crippen LogP contribution is 2.27. The van der Waals surface area contributed by atoms with Crippen molar-refractivity contribution in [3.8, 4) is 5.75 Å². The van der Waals surface area contributed by atoms with Crippen LogP contribution in [0.25, 0.3) is 0 Å². The van der Waals surface area contributed by atoms with Gasteiger partial charge in [0.2, 0.25) is 0 Å². The van der Waals surface area contributed by atoms with Gasteiger partial charge in [0.25, 0.3) is 11.9 Å². The van der Waals surface area contributed by atoms with E-state index >= 15 is 0 Å². The standard InChI is InChI=1S/C28H27F3N8O3/c29-28(30,31)42-24-14-8-21(9-15-24)32-27(41)39(23-12-10-22(11-13-23)38-16-2-1-3-17-38)18-19-4-6-20(7-5-19)25(40)33-26-34-36-37-35-26/h4-15H,1-3,16-18H2,(H,32,41)(H2,33,34,35,36,37,40). The van der Waals surface area contributed by atoms with Gasteiger partial charge in [-0.1, -0.05) is 17.2 Å². The summed E-state index contributed by atoms with van der Waals surface area (Å²) in [7, 11) is 0. The van der Waals surface area contributed by atoms with Crippen LogP contribution in [-0.4, -0.2) is 52.0 Å². The molecule has 0 radical (unpaired) electrons. The van der Waals surface area contributed by atoms with Crippen molar-refractivity contribution in [3.63, 3.8) is 0 Å². The lowest BCUT2D eigenvalue weighted by atomic mass is 10.1. The number of urea groups is 1. The Balaban J connectivity index is 1.33. The van der Waals surface area contributed by atoms with Crippen LogP contribution in [0.15, 0.2) is 72.8 Å². The van der Waals surface area contributed by atoms with Gasteiger partial charge < -0.3 is 15.0 Å². The largest absolute Gasteiger partial charge is 0.573 e. The van der Waals surface area contributed by atoms with Gasteiger partial charge in [0.15, 0.2) is 0 Å². The maximum absolute atomic E-state index is 13.5. The van der Waals surface area contributed by atoms with Crippen molar-refractivity contribution in [2.45, 2.75) is 32.2 Å². The Kier molecular flexibility index (Phi) is 8.50. The number of hydrogen-bond acceptors (Lipinski definition) is 7. The molecule has 42 heavy (non-hydrogen) atoms. The molecule has 3 amide bonds. The molecule has 5 rings (SSSR count). The molecule has 218 valence electrons. The van der Waals surface area contributed by atoms with E-state index in [1.165, 1.54) is 23.5 Å². The Labute approximate surface area is 238 Å². The maximum atomic E-state index is 13.5. The predicted octanol–water partition coefficient (Wildman–Crippen LogP) is 5.58. The summed E-state index contributed by atoms with van der Waals surface area (Å²) >= 11 is 0. The molecular formula is C28H27F3N8O3. The van der Waals surface area contributed by atoms with E-state index in [9.17, 15) is 22.8 Å². The van der Waals surface area contributed by atoms with Gasteiger partial charge in [0.1, 0.15) is 5.75 Å². The van der Waals surface area contributed by atoms with Gasteiger partial charge in [-0.15, -0.1) is 18.3 Å². The molecule has 1 aromatic heterocycles. The van der Waals surface area contributed by atoms with Gasteiger partial charge in [-0.25, -0.2) is 4.79 Å². The van der Waals surface area contributed by atoms with Crippen LogP contribution in [0.5, 0.6) is 5.75 Å². The number of aromatic nitrogens is 4. The van der Waals surface area contributed by atoms with E-state index in [0.717, 1.165) is 49.3 Å². The second-order valence-corrected chi connectivity index (χ2v) is 9.54. The number of H-pyrrole nitrogens is 1. The maximum Gasteiger partial charge on any atom is 0.573 e. The van der Waals surface area contributed by atoms with Crippen molar-refractivity contribution >= 4 is 34.9 Å². The SMILES string of the molecule is O=C(Nc1nn[nH]n1)c1ccc(CN(C(=O)Nc2ccc(OC(F)(F)F)cc2)c2ccc(N3CCCCC3)cc2)cc1. The van der Waals surface area contributed by atoms with Gasteiger partial charge in [-0.3, -0.25) is 15.0 Å². The number of halogens is 3. The first kappa shape index (κ1) is 28.4. The molecule has 1 aliphatic heterocycles. The van der Waals surface area contributed by atoms with Crippen LogP contribution < -0.4 is 25.2 Å². The molecule has 1 aliphatic rings. The van der Waals surface area contributed by atoms with Gasteiger partial charge in [-0.05, 0) is 90.7 Å². The first-order chi connectivity index (χ1) is 20.2. The predicted molar refractivity (Wildman–Crippen MR) is 149 cm³/mol. The quantitative estimate of drug-likeness (QED) is 0.248. The summed E-state index contributed by atoms with van der Waals surface area (Å²) in [5.41, 5.74) is 3.06. The first-order valence-electron chi connectivity index (χ1n) is 13.2. The smallest absolute Gasteiger partial charge is 0.406 e. The molecule has 2 heterocycles. The number of rotatable bonds is 8. The number of aromatic amines is 1. The topological polar surface area (TPSA) is 128 Å². The fraction of sp³-hybridized carbons (Fsp3) is 0.250. The molecule has 0 bridgehead atoms. The lowest BCUT2D eigenvalue weighted by Gasteiger charge is -2.29. The van der Waals surface area contributed by atoms with Crippen LogP contribution in [0.4, 0.5) is 41.0 Å².